The minimum absolute atomic E-state index is 0.139. The number of hydrogen-bond donors (Lipinski definition) is 4. The number of urea groups is 1. The van der Waals surface area contributed by atoms with Crippen molar-refractivity contribution >= 4 is 40.2 Å². The smallest absolute Gasteiger partial charge is 0.412 e. The number of carbonyl (C=O) groups is 2. The molecule has 1 aromatic carbocycles. The Morgan fingerprint density at radius 2 is 1.85 bits per heavy atom. The number of nitrogens with zero attached hydrogens (tertiary/aromatic N) is 2. The number of imide groups is 1. The van der Waals surface area contributed by atoms with Crippen LogP contribution in [0.2, 0.25) is 5.02 Å². The Kier molecular flexibility index (Phi) is 9.55. The van der Waals surface area contributed by atoms with Crippen molar-refractivity contribution < 1.29 is 19.8 Å². The van der Waals surface area contributed by atoms with Gasteiger partial charge in [0.05, 0.1) is 5.69 Å². The average Bonchev–Trinajstić information content (AvgIpc) is 3.00. The number of nitrogens with one attached hydrogen (secondary N) is 1. The number of amides is 3. The number of halogens is 1. The van der Waals surface area contributed by atoms with E-state index in [1.54, 1.807) is 11.3 Å². The Balaban J connectivity index is 0.000000445. The molecule has 2 rings (SSSR count). The van der Waals surface area contributed by atoms with Crippen LogP contribution in [0.3, 0.4) is 0 Å². The Morgan fingerprint density at radius 3 is 2.26 bits per heavy atom. The Bertz CT molecular complexity index is 736. The number of carbonyl (C=O) groups excluding carboxylic acids is 1. The molecule has 5 N–H and O–H groups in total. The number of hydrogen-bond acceptors (Lipinski definition) is 6. The lowest BCUT2D eigenvalue weighted by Crippen LogP contribution is -2.33. The number of thiazole rings is 1. The molecule has 0 aliphatic rings. The van der Waals surface area contributed by atoms with Gasteiger partial charge in [-0.15, -0.1) is 11.3 Å². The molecule has 0 aliphatic heterocycles. The van der Waals surface area contributed by atoms with Crippen LogP contribution in [-0.2, 0) is 6.42 Å². The van der Waals surface area contributed by atoms with E-state index in [2.05, 4.69) is 24.5 Å². The monoisotopic (exact) mass is 414 g/mol. The predicted molar refractivity (Wildman–Crippen MR) is 108 cm³/mol. The van der Waals surface area contributed by atoms with Gasteiger partial charge in [0, 0.05) is 41.6 Å². The number of benzene rings is 1. The van der Waals surface area contributed by atoms with E-state index in [4.69, 9.17) is 21.7 Å². The zero-order valence-corrected chi connectivity index (χ0v) is 16.7. The second-order valence-electron chi connectivity index (χ2n) is 5.22. The summed E-state index contributed by atoms with van der Waals surface area (Å²) >= 11 is 7.60. The molecule has 0 saturated heterocycles. The van der Waals surface area contributed by atoms with Crippen molar-refractivity contribution in [2.24, 2.45) is 5.73 Å². The van der Waals surface area contributed by atoms with E-state index < -0.39 is 12.1 Å². The molecule has 8 nitrogen and oxygen atoms in total. The van der Waals surface area contributed by atoms with Crippen molar-refractivity contribution in [2.75, 3.05) is 24.6 Å². The maximum absolute atomic E-state index is 9.54. The first kappa shape index (κ1) is 22.7. The lowest BCUT2D eigenvalue weighted by molar-refractivity contribution is 0.193. The second-order valence-corrected chi connectivity index (χ2v) is 6.71. The SMILES string of the molecule is CCN(CC)c1nc(-c2ccc(Cl)cc2)c(CCO)s1.NC(=O)NC(=O)O. The minimum atomic E-state index is -1.44. The van der Waals surface area contributed by atoms with Crippen LogP contribution in [-0.4, -0.2) is 47.0 Å². The highest BCUT2D eigenvalue weighted by molar-refractivity contribution is 7.16. The van der Waals surface area contributed by atoms with Gasteiger partial charge in [0.2, 0.25) is 0 Å². The number of carboxylic acid groups (broad SMARTS) is 1. The van der Waals surface area contributed by atoms with E-state index in [0.717, 1.165) is 39.4 Å². The third kappa shape index (κ3) is 7.41. The summed E-state index contributed by atoms with van der Waals surface area (Å²) in [4.78, 5) is 27.0. The van der Waals surface area contributed by atoms with Gasteiger partial charge in [0.15, 0.2) is 5.13 Å². The number of rotatable bonds is 6. The average molecular weight is 415 g/mol. The first-order valence-corrected chi connectivity index (χ1v) is 9.42. The zero-order chi connectivity index (χ0) is 20.4. The highest BCUT2D eigenvalue weighted by Crippen LogP contribution is 2.33. The topological polar surface area (TPSA) is 129 Å². The Labute approximate surface area is 166 Å². The van der Waals surface area contributed by atoms with Crippen molar-refractivity contribution in [2.45, 2.75) is 20.3 Å². The summed E-state index contributed by atoms with van der Waals surface area (Å²) in [5.74, 6) is 0. The number of anilines is 1. The van der Waals surface area contributed by atoms with Crippen LogP contribution >= 0.6 is 22.9 Å². The fourth-order valence-corrected chi connectivity index (χ4v) is 3.50. The third-order valence-corrected chi connectivity index (χ3v) is 4.83. The fourth-order valence-electron chi connectivity index (χ4n) is 2.18. The van der Waals surface area contributed by atoms with Crippen LogP contribution < -0.4 is 16.0 Å². The minimum Gasteiger partial charge on any atom is -0.465 e. The largest absolute Gasteiger partial charge is 0.465 e. The van der Waals surface area contributed by atoms with Crippen molar-refractivity contribution in [3.8, 4) is 11.3 Å². The number of aliphatic hydroxyl groups is 1. The van der Waals surface area contributed by atoms with E-state index in [1.807, 2.05) is 24.3 Å². The number of nitrogens with two attached hydrogens (primary N) is 1. The summed E-state index contributed by atoms with van der Waals surface area (Å²) in [6.07, 6.45) is -0.802. The molecule has 1 aromatic heterocycles. The summed E-state index contributed by atoms with van der Waals surface area (Å²) in [7, 11) is 0. The molecule has 0 atom stereocenters. The molecule has 0 unspecified atom stereocenters. The van der Waals surface area contributed by atoms with Crippen LogP contribution in [0, 0.1) is 0 Å². The molecule has 2 aromatic rings. The van der Waals surface area contributed by atoms with Gasteiger partial charge in [0.25, 0.3) is 0 Å². The molecule has 1 heterocycles. The van der Waals surface area contributed by atoms with Gasteiger partial charge in [-0.25, -0.2) is 19.9 Å². The number of primary amides is 1. The van der Waals surface area contributed by atoms with Gasteiger partial charge in [-0.05, 0) is 26.0 Å². The molecule has 0 radical (unpaired) electrons. The molecule has 0 spiro atoms. The third-order valence-electron chi connectivity index (χ3n) is 3.41. The first-order valence-electron chi connectivity index (χ1n) is 8.23. The van der Waals surface area contributed by atoms with Gasteiger partial charge in [-0.2, -0.15) is 0 Å². The van der Waals surface area contributed by atoms with Gasteiger partial charge >= 0.3 is 12.1 Å². The van der Waals surface area contributed by atoms with E-state index in [9.17, 15) is 14.7 Å². The maximum Gasteiger partial charge on any atom is 0.412 e. The van der Waals surface area contributed by atoms with Crippen LogP contribution in [0.1, 0.15) is 18.7 Å². The summed E-state index contributed by atoms with van der Waals surface area (Å²) < 4.78 is 0. The standard InChI is InChI=1S/C15H19ClN2OS.C2H4N2O3/c1-3-18(4-2)15-17-14(13(20-15)9-10-19)11-5-7-12(16)8-6-11;3-1(5)4-2(6)7/h5-8,19H,3-4,9-10H2,1-2H3;(H,6,7)(H3,3,4,5). The molecule has 148 valence electrons. The van der Waals surface area contributed by atoms with E-state index >= 15 is 0 Å². The van der Waals surface area contributed by atoms with Crippen molar-refractivity contribution in [1.82, 2.24) is 10.3 Å². The molecule has 10 heteroatoms. The summed E-state index contributed by atoms with van der Waals surface area (Å²) in [6.45, 7) is 6.25. The summed E-state index contributed by atoms with van der Waals surface area (Å²) in [5, 5.41) is 20.0. The molecule has 0 saturated carbocycles. The number of aromatic nitrogens is 1. The normalized spacial score (nSPS) is 9.93. The molecular formula is C17H23ClN4O4S. The second kappa shape index (κ2) is 11.4. The molecule has 0 fully saturated rings. The van der Waals surface area contributed by atoms with Gasteiger partial charge in [0.1, 0.15) is 0 Å². The molecule has 3 amide bonds. The van der Waals surface area contributed by atoms with E-state index in [0.29, 0.717) is 6.42 Å². The highest BCUT2D eigenvalue weighted by atomic mass is 35.5. The van der Waals surface area contributed by atoms with Crippen LogP contribution in [0.5, 0.6) is 0 Å². The van der Waals surface area contributed by atoms with Crippen molar-refractivity contribution in [1.29, 1.82) is 0 Å². The van der Waals surface area contributed by atoms with Crippen LogP contribution in [0.25, 0.3) is 11.3 Å². The van der Waals surface area contributed by atoms with Gasteiger partial charge < -0.3 is 20.8 Å². The first-order chi connectivity index (χ1) is 12.8. The summed E-state index contributed by atoms with van der Waals surface area (Å²) in [5.41, 5.74) is 6.37. The predicted octanol–water partition coefficient (Wildman–Crippen LogP) is 3.18. The Hall–Kier alpha value is -2.36. The van der Waals surface area contributed by atoms with Crippen molar-refractivity contribution in [3.63, 3.8) is 0 Å². The number of aliphatic hydroxyl groups excluding tert-OH is 1. The molecular weight excluding hydrogens is 392 g/mol. The molecule has 0 aliphatic carbocycles. The fraction of sp³-hybridized carbons (Fsp3) is 0.353. The van der Waals surface area contributed by atoms with Crippen molar-refractivity contribution in [3.05, 3.63) is 34.2 Å². The lowest BCUT2D eigenvalue weighted by Gasteiger charge is -2.16. The maximum atomic E-state index is 9.54. The zero-order valence-electron chi connectivity index (χ0n) is 15.1. The van der Waals surface area contributed by atoms with Gasteiger partial charge in [-0.3, -0.25) is 0 Å². The Morgan fingerprint density at radius 1 is 1.26 bits per heavy atom. The molecule has 0 bridgehead atoms. The van der Waals surface area contributed by atoms with Crippen LogP contribution in [0.4, 0.5) is 14.7 Å². The van der Waals surface area contributed by atoms with E-state index in [1.165, 1.54) is 5.32 Å². The molecule has 27 heavy (non-hydrogen) atoms. The van der Waals surface area contributed by atoms with Crippen LogP contribution in [0.15, 0.2) is 24.3 Å². The lowest BCUT2D eigenvalue weighted by atomic mass is 10.1. The van der Waals surface area contributed by atoms with E-state index in [-0.39, 0.29) is 6.61 Å². The van der Waals surface area contributed by atoms with Gasteiger partial charge in [-0.1, -0.05) is 23.7 Å². The quantitative estimate of drug-likeness (QED) is 0.574. The summed E-state index contributed by atoms with van der Waals surface area (Å²) in [6, 6.07) is 6.63. The highest BCUT2D eigenvalue weighted by Gasteiger charge is 2.15.